The minimum Gasteiger partial charge on any atom is -0.464 e. The van der Waals surface area contributed by atoms with Gasteiger partial charge in [-0.15, -0.1) is 0 Å². The number of rotatable bonds is 6. The normalized spacial score (nSPS) is 10.8. The van der Waals surface area contributed by atoms with E-state index >= 15 is 0 Å². The van der Waals surface area contributed by atoms with Gasteiger partial charge >= 0.3 is 5.97 Å². The highest BCUT2D eigenvalue weighted by molar-refractivity contribution is 9.10. The summed E-state index contributed by atoms with van der Waals surface area (Å²) in [6.45, 7) is 4.14. The maximum Gasteiger partial charge on any atom is 0.325 e. The van der Waals surface area contributed by atoms with Crippen LogP contribution in [0.25, 0.3) is 10.9 Å². The Kier molecular flexibility index (Phi) is 5.17. The molecule has 0 spiro atoms. The van der Waals surface area contributed by atoms with E-state index in [4.69, 9.17) is 4.74 Å². The van der Waals surface area contributed by atoms with Gasteiger partial charge in [0.15, 0.2) is 5.78 Å². The highest BCUT2D eigenvalue weighted by Gasteiger charge is 2.14. The van der Waals surface area contributed by atoms with Crippen LogP contribution in [0.1, 0.15) is 37.0 Å². The molecule has 1 heterocycles. The predicted molar refractivity (Wildman–Crippen MR) is 85.5 cm³/mol. The molecular weight excluding hydrogens is 334 g/mol. The van der Waals surface area contributed by atoms with Crippen LogP contribution in [0, 0.1) is 0 Å². The monoisotopic (exact) mass is 351 g/mol. The molecular formula is C16H18BrNO3. The number of carbonyl (C=O) groups excluding carboxylic acids is 2. The highest BCUT2D eigenvalue weighted by atomic mass is 79.9. The molecule has 5 heteroatoms. The molecule has 0 bridgehead atoms. The van der Waals surface area contributed by atoms with Gasteiger partial charge in [-0.05, 0) is 31.5 Å². The largest absolute Gasteiger partial charge is 0.464 e. The van der Waals surface area contributed by atoms with Gasteiger partial charge in [-0.25, -0.2) is 0 Å². The van der Waals surface area contributed by atoms with Gasteiger partial charge in [0.1, 0.15) is 6.54 Å². The summed E-state index contributed by atoms with van der Waals surface area (Å²) < 4.78 is 7.85. The number of hydrogen-bond acceptors (Lipinski definition) is 3. The molecule has 0 amide bonds. The Bertz CT molecular complexity index is 675. The number of nitrogens with zero attached hydrogens (tertiary/aromatic N) is 1. The van der Waals surface area contributed by atoms with E-state index in [2.05, 4.69) is 15.9 Å². The van der Waals surface area contributed by atoms with E-state index in [1.54, 1.807) is 10.8 Å². The molecule has 21 heavy (non-hydrogen) atoms. The fraction of sp³-hybridized carbons (Fsp3) is 0.375. The first kappa shape index (κ1) is 15.8. The molecule has 2 aromatic rings. The Balaban J connectivity index is 2.28. The van der Waals surface area contributed by atoms with E-state index in [-0.39, 0.29) is 18.3 Å². The summed E-state index contributed by atoms with van der Waals surface area (Å²) in [5.41, 5.74) is 1.48. The maximum atomic E-state index is 11.8. The molecule has 0 N–H and O–H groups in total. The Hall–Kier alpha value is -1.62. The Morgan fingerprint density at radius 3 is 2.76 bits per heavy atom. The third kappa shape index (κ3) is 3.73. The molecule has 0 unspecified atom stereocenters. The van der Waals surface area contributed by atoms with E-state index in [1.165, 1.54) is 6.92 Å². The van der Waals surface area contributed by atoms with Gasteiger partial charge < -0.3 is 9.30 Å². The average molecular weight is 352 g/mol. The number of hydrogen-bond donors (Lipinski definition) is 0. The fourth-order valence-corrected chi connectivity index (χ4v) is 2.56. The molecule has 112 valence electrons. The minimum atomic E-state index is -0.279. The van der Waals surface area contributed by atoms with E-state index < -0.39 is 0 Å². The maximum absolute atomic E-state index is 11.8. The number of aromatic nitrogens is 1. The number of carbonyl (C=O) groups is 2. The number of Topliss-reactive ketones (excluding diaryl/α,β-unsaturated/α-hetero) is 1. The van der Waals surface area contributed by atoms with Crippen molar-refractivity contribution in [1.29, 1.82) is 0 Å². The lowest BCUT2D eigenvalue weighted by Gasteiger charge is -2.06. The summed E-state index contributed by atoms with van der Waals surface area (Å²) in [4.78, 5) is 23.6. The van der Waals surface area contributed by atoms with Crippen molar-refractivity contribution in [3.63, 3.8) is 0 Å². The molecule has 4 nitrogen and oxygen atoms in total. The van der Waals surface area contributed by atoms with Crippen LogP contribution in [0.4, 0.5) is 0 Å². The zero-order chi connectivity index (χ0) is 15.4. The van der Waals surface area contributed by atoms with E-state index in [1.807, 2.05) is 25.1 Å². The molecule has 1 aromatic heterocycles. The number of benzene rings is 1. The van der Waals surface area contributed by atoms with Crippen molar-refractivity contribution in [2.45, 2.75) is 33.2 Å². The molecule has 0 fully saturated rings. The topological polar surface area (TPSA) is 48.3 Å². The van der Waals surface area contributed by atoms with Crippen molar-refractivity contribution in [1.82, 2.24) is 4.57 Å². The van der Waals surface area contributed by atoms with Crippen LogP contribution >= 0.6 is 15.9 Å². The fourth-order valence-electron chi connectivity index (χ4n) is 2.20. The molecule has 0 atom stereocenters. The van der Waals surface area contributed by atoms with Crippen molar-refractivity contribution in [2.24, 2.45) is 0 Å². The molecule has 1 aromatic carbocycles. The van der Waals surface area contributed by atoms with Crippen molar-refractivity contribution < 1.29 is 14.3 Å². The van der Waals surface area contributed by atoms with Crippen LogP contribution in [0.15, 0.2) is 28.9 Å². The van der Waals surface area contributed by atoms with Crippen LogP contribution < -0.4 is 0 Å². The number of ether oxygens (including phenoxy) is 1. The van der Waals surface area contributed by atoms with Crippen molar-refractivity contribution >= 4 is 38.6 Å². The van der Waals surface area contributed by atoms with Gasteiger partial charge in [0.05, 0.1) is 6.61 Å². The summed E-state index contributed by atoms with van der Waals surface area (Å²) in [5, 5.41) is 0.846. The van der Waals surface area contributed by atoms with E-state index in [0.717, 1.165) is 28.2 Å². The lowest BCUT2D eigenvalue weighted by Crippen LogP contribution is -2.13. The third-order valence-corrected chi connectivity index (χ3v) is 3.78. The standard InChI is InChI=1S/C16H18BrNO3/c1-3-4-7-21-16(20)10-18-9-14(11(2)19)13-8-12(17)5-6-15(13)18/h5-6,8-9H,3-4,7,10H2,1-2H3. The van der Waals surface area contributed by atoms with Crippen LogP contribution in [0.3, 0.4) is 0 Å². The third-order valence-electron chi connectivity index (χ3n) is 3.28. The summed E-state index contributed by atoms with van der Waals surface area (Å²) in [5.74, 6) is -0.297. The smallest absolute Gasteiger partial charge is 0.325 e. The van der Waals surface area contributed by atoms with E-state index in [0.29, 0.717) is 12.2 Å². The van der Waals surface area contributed by atoms with Gasteiger partial charge in [0, 0.05) is 27.1 Å². The molecule has 0 aliphatic carbocycles. The second-order valence-corrected chi connectivity index (χ2v) is 5.88. The molecule has 0 radical (unpaired) electrons. The zero-order valence-corrected chi connectivity index (χ0v) is 13.8. The van der Waals surface area contributed by atoms with Gasteiger partial charge in [0.2, 0.25) is 0 Å². The average Bonchev–Trinajstić information content (AvgIpc) is 2.77. The Morgan fingerprint density at radius 2 is 2.10 bits per heavy atom. The van der Waals surface area contributed by atoms with Crippen molar-refractivity contribution in [3.8, 4) is 0 Å². The van der Waals surface area contributed by atoms with Gasteiger partial charge in [-0.3, -0.25) is 9.59 Å². The quantitative estimate of drug-likeness (QED) is 0.449. The molecule has 0 saturated heterocycles. The number of unbranched alkanes of at least 4 members (excludes halogenated alkanes) is 1. The number of esters is 1. The van der Waals surface area contributed by atoms with Crippen LogP contribution in [-0.2, 0) is 16.1 Å². The van der Waals surface area contributed by atoms with Crippen LogP contribution in [-0.4, -0.2) is 22.9 Å². The zero-order valence-electron chi connectivity index (χ0n) is 12.2. The second kappa shape index (κ2) is 6.89. The lowest BCUT2D eigenvalue weighted by molar-refractivity contribution is -0.144. The Morgan fingerprint density at radius 1 is 1.33 bits per heavy atom. The first-order valence-electron chi connectivity index (χ1n) is 6.98. The lowest BCUT2D eigenvalue weighted by atomic mass is 10.1. The summed E-state index contributed by atoms with van der Waals surface area (Å²) in [6, 6.07) is 5.68. The number of ketones is 1. The van der Waals surface area contributed by atoms with Crippen LogP contribution in [0.2, 0.25) is 0 Å². The van der Waals surface area contributed by atoms with Gasteiger partial charge in [-0.2, -0.15) is 0 Å². The SMILES string of the molecule is CCCCOC(=O)Cn1cc(C(C)=O)c2cc(Br)ccc21. The van der Waals surface area contributed by atoms with Crippen molar-refractivity contribution in [3.05, 3.63) is 34.4 Å². The first-order valence-corrected chi connectivity index (χ1v) is 7.77. The molecule has 0 saturated carbocycles. The molecule has 0 aliphatic heterocycles. The Labute approximate surface area is 132 Å². The summed E-state index contributed by atoms with van der Waals surface area (Å²) >= 11 is 3.41. The summed E-state index contributed by atoms with van der Waals surface area (Å²) in [6.07, 6.45) is 3.58. The number of fused-ring (bicyclic) bond motifs is 1. The highest BCUT2D eigenvalue weighted by Crippen LogP contribution is 2.25. The van der Waals surface area contributed by atoms with Crippen molar-refractivity contribution in [2.75, 3.05) is 6.61 Å². The predicted octanol–water partition coefficient (Wildman–Crippen LogP) is 3.95. The molecule has 2 rings (SSSR count). The van der Waals surface area contributed by atoms with Crippen LogP contribution in [0.5, 0.6) is 0 Å². The molecule has 0 aliphatic rings. The van der Waals surface area contributed by atoms with E-state index in [9.17, 15) is 9.59 Å². The minimum absolute atomic E-state index is 0.0174. The second-order valence-electron chi connectivity index (χ2n) is 4.96. The van der Waals surface area contributed by atoms with Gasteiger partial charge in [-0.1, -0.05) is 29.3 Å². The first-order chi connectivity index (χ1) is 10.0. The summed E-state index contributed by atoms with van der Waals surface area (Å²) in [7, 11) is 0. The van der Waals surface area contributed by atoms with Gasteiger partial charge in [0.25, 0.3) is 0 Å². The number of halogens is 1.